The molecule has 1 heterocycles. The molecule has 17 heavy (non-hydrogen) atoms. The van der Waals surface area contributed by atoms with Crippen LogP contribution in [-0.4, -0.2) is 31.7 Å². The molecule has 0 amide bonds. The van der Waals surface area contributed by atoms with Gasteiger partial charge in [0.2, 0.25) is 0 Å². The van der Waals surface area contributed by atoms with Crippen LogP contribution < -0.4 is 10.6 Å². The minimum atomic E-state index is -0.199. The predicted molar refractivity (Wildman–Crippen MR) is 70.9 cm³/mol. The van der Waals surface area contributed by atoms with Crippen molar-refractivity contribution in [1.29, 1.82) is 0 Å². The number of ether oxygens (including phenoxy) is 1. The van der Waals surface area contributed by atoms with Crippen molar-refractivity contribution in [3.8, 4) is 0 Å². The Labute approximate surface area is 109 Å². The van der Waals surface area contributed by atoms with Crippen LogP contribution in [0, 0.1) is 0 Å². The van der Waals surface area contributed by atoms with E-state index in [1.54, 1.807) is 12.3 Å². The van der Waals surface area contributed by atoms with E-state index >= 15 is 0 Å². The van der Waals surface area contributed by atoms with Gasteiger partial charge < -0.3 is 15.4 Å². The lowest BCUT2D eigenvalue weighted by molar-refractivity contribution is -0.140. The number of anilines is 2. The first-order valence-electron chi connectivity index (χ1n) is 5.23. The molecule has 0 aliphatic rings. The number of methoxy groups -OCH3 is 1. The number of pyridine rings is 1. The van der Waals surface area contributed by atoms with Crippen LogP contribution in [0.15, 0.2) is 16.7 Å². The lowest BCUT2D eigenvalue weighted by Gasteiger charge is -2.19. The molecule has 2 N–H and O–H groups in total. The molecule has 1 aromatic rings. The summed E-state index contributed by atoms with van der Waals surface area (Å²) < 4.78 is 5.42. The highest BCUT2D eigenvalue weighted by molar-refractivity contribution is 9.10. The Morgan fingerprint density at radius 2 is 2.35 bits per heavy atom. The molecule has 5 nitrogen and oxygen atoms in total. The van der Waals surface area contributed by atoms with E-state index in [4.69, 9.17) is 5.73 Å². The standard InChI is InChI=1S/C11H16BrN3O2/c1-15(5-3-4-10(16)17-2)11-9(13)6-8(12)7-14-11/h6-7H,3-5,13H2,1-2H3. The normalized spacial score (nSPS) is 10.1. The Morgan fingerprint density at radius 3 is 2.94 bits per heavy atom. The molecular formula is C11H16BrN3O2. The van der Waals surface area contributed by atoms with Crippen molar-refractivity contribution in [2.75, 3.05) is 31.3 Å². The molecule has 6 heteroatoms. The largest absolute Gasteiger partial charge is 0.469 e. The summed E-state index contributed by atoms with van der Waals surface area (Å²) in [6.45, 7) is 0.702. The summed E-state index contributed by atoms with van der Waals surface area (Å²) in [7, 11) is 3.28. The highest BCUT2D eigenvalue weighted by Gasteiger charge is 2.08. The van der Waals surface area contributed by atoms with Gasteiger partial charge in [-0.25, -0.2) is 4.98 Å². The third-order valence-corrected chi connectivity index (χ3v) is 2.76. The molecule has 0 aliphatic heterocycles. The Kier molecular flexibility index (Phi) is 5.21. The van der Waals surface area contributed by atoms with Gasteiger partial charge in [0.15, 0.2) is 5.82 Å². The molecule has 0 aliphatic carbocycles. The fourth-order valence-corrected chi connectivity index (χ4v) is 1.78. The minimum absolute atomic E-state index is 0.199. The van der Waals surface area contributed by atoms with Crippen molar-refractivity contribution in [3.63, 3.8) is 0 Å². The number of halogens is 1. The zero-order chi connectivity index (χ0) is 12.8. The number of hydrogen-bond acceptors (Lipinski definition) is 5. The third-order valence-electron chi connectivity index (χ3n) is 2.33. The van der Waals surface area contributed by atoms with Crippen molar-refractivity contribution in [3.05, 3.63) is 16.7 Å². The van der Waals surface area contributed by atoms with Crippen LogP contribution in [-0.2, 0) is 9.53 Å². The summed E-state index contributed by atoms with van der Waals surface area (Å²) in [6, 6.07) is 1.80. The minimum Gasteiger partial charge on any atom is -0.469 e. The number of nitrogens with two attached hydrogens (primary N) is 1. The Morgan fingerprint density at radius 1 is 1.65 bits per heavy atom. The Hall–Kier alpha value is -1.30. The first kappa shape index (κ1) is 13.8. The van der Waals surface area contributed by atoms with Crippen LogP contribution in [0.1, 0.15) is 12.8 Å². The average Bonchev–Trinajstić information content (AvgIpc) is 2.28. The van der Waals surface area contributed by atoms with E-state index in [0.717, 1.165) is 10.3 Å². The molecule has 0 unspecified atom stereocenters. The second-order valence-corrected chi connectivity index (χ2v) is 4.58. The van der Waals surface area contributed by atoms with Crippen LogP contribution in [0.3, 0.4) is 0 Å². The smallest absolute Gasteiger partial charge is 0.305 e. The van der Waals surface area contributed by atoms with E-state index in [-0.39, 0.29) is 5.97 Å². The fourth-order valence-electron chi connectivity index (χ4n) is 1.44. The van der Waals surface area contributed by atoms with Gasteiger partial charge in [0, 0.05) is 30.7 Å². The molecule has 0 bridgehead atoms. The van der Waals surface area contributed by atoms with Gasteiger partial charge in [0.05, 0.1) is 12.8 Å². The van der Waals surface area contributed by atoms with Crippen molar-refractivity contribution in [2.24, 2.45) is 0 Å². The maximum atomic E-state index is 11.0. The molecule has 1 aromatic heterocycles. The molecule has 0 fully saturated rings. The second-order valence-electron chi connectivity index (χ2n) is 3.67. The monoisotopic (exact) mass is 301 g/mol. The Bertz CT molecular complexity index is 398. The number of carbonyl (C=O) groups is 1. The van der Waals surface area contributed by atoms with E-state index in [0.29, 0.717) is 25.1 Å². The molecule has 0 saturated carbocycles. The summed E-state index contributed by atoms with van der Waals surface area (Å²) in [5.41, 5.74) is 6.47. The molecule has 0 atom stereocenters. The maximum absolute atomic E-state index is 11.0. The average molecular weight is 302 g/mol. The Balaban J connectivity index is 2.52. The van der Waals surface area contributed by atoms with Gasteiger partial charge in [0.1, 0.15) is 0 Å². The lowest BCUT2D eigenvalue weighted by Crippen LogP contribution is -2.21. The lowest BCUT2D eigenvalue weighted by atomic mass is 10.3. The maximum Gasteiger partial charge on any atom is 0.305 e. The summed E-state index contributed by atoms with van der Waals surface area (Å²) in [6.07, 6.45) is 2.81. The number of aromatic nitrogens is 1. The molecule has 0 aromatic carbocycles. The highest BCUT2D eigenvalue weighted by atomic mass is 79.9. The predicted octanol–water partition coefficient (Wildman–Crippen LogP) is 1.82. The number of carbonyl (C=O) groups excluding carboxylic acids is 1. The number of esters is 1. The molecule has 0 spiro atoms. The molecule has 0 radical (unpaired) electrons. The summed E-state index contributed by atoms with van der Waals surface area (Å²) in [5.74, 6) is 0.521. The van der Waals surface area contributed by atoms with Gasteiger partial charge >= 0.3 is 5.97 Å². The highest BCUT2D eigenvalue weighted by Crippen LogP contribution is 2.22. The molecular weight excluding hydrogens is 286 g/mol. The van der Waals surface area contributed by atoms with E-state index in [9.17, 15) is 4.79 Å². The summed E-state index contributed by atoms with van der Waals surface area (Å²) in [5, 5.41) is 0. The first-order valence-corrected chi connectivity index (χ1v) is 6.03. The van der Waals surface area contributed by atoms with Crippen LogP contribution in [0.2, 0.25) is 0 Å². The molecule has 0 saturated heterocycles. The van der Waals surface area contributed by atoms with Crippen LogP contribution in [0.5, 0.6) is 0 Å². The van der Waals surface area contributed by atoms with Gasteiger partial charge in [-0.3, -0.25) is 4.79 Å². The third kappa shape index (κ3) is 4.22. The fraction of sp³-hybridized carbons (Fsp3) is 0.455. The number of hydrogen-bond donors (Lipinski definition) is 1. The summed E-state index contributed by atoms with van der Waals surface area (Å²) >= 11 is 3.30. The zero-order valence-corrected chi connectivity index (χ0v) is 11.5. The van der Waals surface area contributed by atoms with E-state index in [2.05, 4.69) is 25.7 Å². The van der Waals surface area contributed by atoms with Gasteiger partial charge in [-0.15, -0.1) is 0 Å². The van der Waals surface area contributed by atoms with Crippen molar-refractivity contribution < 1.29 is 9.53 Å². The quantitative estimate of drug-likeness (QED) is 0.840. The van der Waals surface area contributed by atoms with Crippen LogP contribution in [0.25, 0.3) is 0 Å². The van der Waals surface area contributed by atoms with Crippen LogP contribution >= 0.6 is 15.9 Å². The van der Waals surface area contributed by atoms with Gasteiger partial charge in [-0.1, -0.05) is 0 Å². The van der Waals surface area contributed by atoms with Crippen LogP contribution in [0.4, 0.5) is 11.5 Å². The molecule has 1 rings (SSSR count). The summed E-state index contributed by atoms with van der Waals surface area (Å²) in [4.78, 5) is 17.1. The first-order chi connectivity index (χ1) is 8.04. The second kappa shape index (κ2) is 6.44. The van der Waals surface area contributed by atoms with E-state index in [1.165, 1.54) is 7.11 Å². The SMILES string of the molecule is COC(=O)CCCN(C)c1ncc(Br)cc1N. The number of rotatable bonds is 5. The zero-order valence-electron chi connectivity index (χ0n) is 9.94. The number of nitrogens with zero attached hydrogens (tertiary/aromatic N) is 2. The van der Waals surface area contributed by atoms with Crippen molar-refractivity contribution in [1.82, 2.24) is 4.98 Å². The van der Waals surface area contributed by atoms with E-state index < -0.39 is 0 Å². The van der Waals surface area contributed by atoms with Crippen molar-refractivity contribution in [2.45, 2.75) is 12.8 Å². The van der Waals surface area contributed by atoms with Gasteiger partial charge in [-0.05, 0) is 28.4 Å². The number of nitrogen functional groups attached to an aromatic ring is 1. The topological polar surface area (TPSA) is 68.5 Å². The van der Waals surface area contributed by atoms with Gasteiger partial charge in [-0.2, -0.15) is 0 Å². The van der Waals surface area contributed by atoms with Crippen molar-refractivity contribution >= 4 is 33.4 Å². The van der Waals surface area contributed by atoms with Gasteiger partial charge in [0.25, 0.3) is 0 Å². The van der Waals surface area contributed by atoms with E-state index in [1.807, 2.05) is 11.9 Å². The molecule has 94 valence electrons.